The van der Waals surface area contributed by atoms with E-state index in [2.05, 4.69) is 17.1 Å². The molecule has 0 bridgehead atoms. The Morgan fingerprint density at radius 1 is 0.586 bits per heavy atom. The number of ether oxygens (including phenoxy) is 1. The van der Waals surface area contributed by atoms with Crippen LogP contribution in [0.2, 0.25) is 0 Å². The first-order chi connectivity index (χ1) is 13.9. The maximum Gasteiger partial charge on any atom is 0.0478 e. The lowest BCUT2D eigenvalue weighted by molar-refractivity contribution is 0.114. The van der Waals surface area contributed by atoms with Crippen molar-refractivity contribution in [3.8, 4) is 0 Å². The summed E-state index contributed by atoms with van der Waals surface area (Å²) in [6.45, 7) is 10.1. The summed E-state index contributed by atoms with van der Waals surface area (Å²) in [4.78, 5) is 2.55. The highest BCUT2D eigenvalue weighted by atomic mass is 127. The number of unbranched alkanes of at least 4 members (excludes halogenated alkanes) is 15. The van der Waals surface area contributed by atoms with Crippen molar-refractivity contribution in [1.29, 1.82) is 0 Å². The molecule has 1 saturated heterocycles. The summed E-state index contributed by atoms with van der Waals surface area (Å²) in [5, 5.41) is 3.41. The molecule has 3 nitrogen and oxygen atoms in total. The normalized spacial score (nSPS) is 14.8. The molecule has 0 saturated carbocycles. The molecule has 1 aliphatic rings. The molecular formula is C25H53IN2O. The minimum absolute atomic E-state index is 0. The number of halogens is 1. The fourth-order valence-corrected chi connectivity index (χ4v) is 4.18. The minimum atomic E-state index is 0. The molecule has 0 atom stereocenters. The third-order valence-electron chi connectivity index (χ3n) is 6.11. The van der Waals surface area contributed by atoms with Crippen molar-refractivity contribution in [2.24, 2.45) is 0 Å². The van der Waals surface area contributed by atoms with Crippen molar-refractivity contribution in [1.82, 2.24) is 10.2 Å². The summed E-state index contributed by atoms with van der Waals surface area (Å²) < 4.78 is 5.80. The Morgan fingerprint density at radius 2 is 1.00 bits per heavy atom. The van der Waals surface area contributed by atoms with Crippen LogP contribution in [0.5, 0.6) is 0 Å². The largest absolute Gasteiger partial charge is 0.381 e. The van der Waals surface area contributed by atoms with E-state index in [9.17, 15) is 0 Å². The second-order valence-corrected chi connectivity index (χ2v) is 8.86. The van der Waals surface area contributed by atoms with E-state index >= 15 is 0 Å². The van der Waals surface area contributed by atoms with Gasteiger partial charge in [0.05, 0.1) is 0 Å². The van der Waals surface area contributed by atoms with E-state index in [1.807, 2.05) is 0 Å². The zero-order chi connectivity index (χ0) is 20.0. The molecule has 0 aromatic carbocycles. The lowest BCUT2D eigenvalue weighted by Crippen LogP contribution is -2.43. The van der Waals surface area contributed by atoms with E-state index in [4.69, 9.17) is 4.74 Å². The Bertz CT molecular complexity index is 299. The molecule has 0 amide bonds. The highest BCUT2D eigenvalue weighted by Gasteiger charge is 2.07. The summed E-state index contributed by atoms with van der Waals surface area (Å²) in [5.74, 6) is 0. The van der Waals surface area contributed by atoms with Crippen LogP contribution >= 0.6 is 24.0 Å². The first kappa shape index (κ1) is 29.6. The van der Waals surface area contributed by atoms with Crippen molar-refractivity contribution < 1.29 is 4.74 Å². The monoisotopic (exact) mass is 524 g/mol. The molecule has 4 heteroatoms. The fourth-order valence-electron chi connectivity index (χ4n) is 4.18. The van der Waals surface area contributed by atoms with Gasteiger partial charge in [-0.15, -0.1) is 24.0 Å². The topological polar surface area (TPSA) is 24.5 Å². The molecule has 0 radical (unpaired) electrons. The third-order valence-corrected chi connectivity index (χ3v) is 6.11. The third kappa shape index (κ3) is 21.6. The number of hydrogen-bond acceptors (Lipinski definition) is 3. The number of nitrogens with zero attached hydrogens (tertiary/aromatic N) is 1. The van der Waals surface area contributed by atoms with Gasteiger partial charge >= 0.3 is 0 Å². The van der Waals surface area contributed by atoms with Gasteiger partial charge in [-0.3, -0.25) is 0 Å². The molecule has 0 unspecified atom stereocenters. The first-order valence-electron chi connectivity index (χ1n) is 12.9. The summed E-state index contributed by atoms with van der Waals surface area (Å²) in [6.07, 6.45) is 24.1. The number of hydrogen-bond donors (Lipinski definition) is 1. The van der Waals surface area contributed by atoms with Crippen molar-refractivity contribution in [2.45, 2.75) is 116 Å². The molecule has 0 aromatic heterocycles. The van der Waals surface area contributed by atoms with Gasteiger partial charge in [0.15, 0.2) is 0 Å². The highest BCUT2D eigenvalue weighted by molar-refractivity contribution is 14.0. The Balaban J connectivity index is 0.00000784. The first-order valence-corrected chi connectivity index (χ1v) is 12.9. The predicted molar refractivity (Wildman–Crippen MR) is 140 cm³/mol. The molecular weight excluding hydrogens is 471 g/mol. The fraction of sp³-hybridized carbons (Fsp3) is 1.00. The molecule has 176 valence electrons. The average molecular weight is 525 g/mol. The van der Waals surface area contributed by atoms with Crippen molar-refractivity contribution in [3.63, 3.8) is 0 Å². The summed E-state index contributed by atoms with van der Waals surface area (Å²) in [6, 6.07) is 0. The second-order valence-electron chi connectivity index (χ2n) is 8.86. The van der Waals surface area contributed by atoms with Gasteiger partial charge in [-0.25, -0.2) is 0 Å². The van der Waals surface area contributed by atoms with Crippen LogP contribution in [0.3, 0.4) is 0 Å². The van der Waals surface area contributed by atoms with Crippen LogP contribution in [0.25, 0.3) is 0 Å². The Hall–Kier alpha value is 0.610. The molecule has 1 fully saturated rings. The zero-order valence-electron chi connectivity index (χ0n) is 19.7. The maximum absolute atomic E-state index is 5.80. The van der Waals surface area contributed by atoms with Gasteiger partial charge in [-0.05, 0) is 12.8 Å². The Morgan fingerprint density at radius 3 is 1.48 bits per heavy atom. The van der Waals surface area contributed by atoms with Crippen LogP contribution < -0.4 is 5.32 Å². The van der Waals surface area contributed by atoms with E-state index in [1.165, 1.54) is 129 Å². The second kappa shape index (κ2) is 24.9. The zero-order valence-corrected chi connectivity index (χ0v) is 22.1. The van der Waals surface area contributed by atoms with Gasteiger partial charge < -0.3 is 15.0 Å². The lowest BCUT2D eigenvalue weighted by atomic mass is 10.0. The molecule has 29 heavy (non-hydrogen) atoms. The highest BCUT2D eigenvalue weighted by Crippen LogP contribution is 2.13. The van der Waals surface area contributed by atoms with Crippen LogP contribution in [0.4, 0.5) is 0 Å². The van der Waals surface area contributed by atoms with Gasteiger partial charge in [0.2, 0.25) is 0 Å². The van der Waals surface area contributed by atoms with E-state index in [0.29, 0.717) is 0 Å². The van der Waals surface area contributed by atoms with Gasteiger partial charge in [0.25, 0.3) is 0 Å². The summed E-state index contributed by atoms with van der Waals surface area (Å²) in [5.41, 5.74) is 0. The maximum atomic E-state index is 5.80. The molecule has 0 aromatic rings. The molecule has 0 aliphatic carbocycles. The Kier molecular flexibility index (Phi) is 25.4. The molecule has 0 spiro atoms. The molecule has 1 rings (SSSR count). The van der Waals surface area contributed by atoms with E-state index < -0.39 is 0 Å². The number of nitrogens with one attached hydrogen (secondary N) is 1. The van der Waals surface area contributed by atoms with Crippen molar-refractivity contribution >= 4 is 24.0 Å². The van der Waals surface area contributed by atoms with E-state index in [-0.39, 0.29) is 24.0 Å². The summed E-state index contributed by atoms with van der Waals surface area (Å²) >= 11 is 0. The average Bonchev–Trinajstić information content (AvgIpc) is 2.73. The lowest BCUT2D eigenvalue weighted by Gasteiger charge is -2.26. The smallest absolute Gasteiger partial charge is 0.0478 e. The van der Waals surface area contributed by atoms with Crippen molar-refractivity contribution in [3.05, 3.63) is 0 Å². The van der Waals surface area contributed by atoms with Crippen LogP contribution in [-0.2, 0) is 4.74 Å². The minimum Gasteiger partial charge on any atom is -0.381 e. The van der Waals surface area contributed by atoms with Gasteiger partial charge in [-0.1, -0.05) is 103 Å². The van der Waals surface area contributed by atoms with Crippen LogP contribution in [-0.4, -0.2) is 50.8 Å². The van der Waals surface area contributed by atoms with Crippen LogP contribution in [0, 0.1) is 0 Å². The molecule has 1 heterocycles. The predicted octanol–water partition coefficient (Wildman–Crippen LogP) is 7.18. The van der Waals surface area contributed by atoms with Crippen LogP contribution in [0.15, 0.2) is 0 Å². The van der Waals surface area contributed by atoms with E-state index in [1.54, 1.807) is 0 Å². The quantitative estimate of drug-likeness (QED) is 0.127. The number of rotatable bonds is 21. The summed E-state index contributed by atoms with van der Waals surface area (Å²) in [7, 11) is 0. The standard InChI is InChI=1S/C25H52N2O.HI/c1-2-3-4-5-6-7-8-9-10-11-12-13-14-15-16-17-24-28-25-18-21-27-22-19-26-20-23-27;/h26H,2-25H2,1H3;1H. The van der Waals surface area contributed by atoms with Gasteiger partial charge in [-0.2, -0.15) is 0 Å². The SMILES string of the molecule is CCCCCCCCCCCCCCCCCCOCCCN1CCNCC1.I. The number of piperazine rings is 1. The van der Waals surface area contributed by atoms with Crippen LogP contribution in [0.1, 0.15) is 116 Å². The van der Waals surface area contributed by atoms with Gasteiger partial charge in [0.1, 0.15) is 0 Å². The molecule has 1 aliphatic heterocycles. The van der Waals surface area contributed by atoms with E-state index in [0.717, 1.165) is 26.3 Å². The van der Waals surface area contributed by atoms with Gasteiger partial charge in [0, 0.05) is 45.9 Å². The Labute approximate surface area is 200 Å². The molecule has 1 N–H and O–H groups in total. The van der Waals surface area contributed by atoms with Crippen molar-refractivity contribution in [2.75, 3.05) is 45.9 Å².